The number of aliphatic hydroxyl groups excluding tert-OH is 1. The van der Waals surface area contributed by atoms with Gasteiger partial charge < -0.3 is 5.11 Å². The molecule has 0 spiro atoms. The van der Waals surface area contributed by atoms with Crippen LogP contribution in [0, 0.1) is 46.3 Å². The van der Waals surface area contributed by atoms with Crippen molar-refractivity contribution in [2.75, 3.05) is 0 Å². The summed E-state index contributed by atoms with van der Waals surface area (Å²) in [5.41, 5.74) is 6.00. The third-order valence-corrected chi connectivity index (χ3v) is 11.1. The minimum atomic E-state index is -0.0719. The predicted octanol–water partition coefficient (Wildman–Crippen LogP) is 7.94. The molecule has 4 rings (SSSR count). The maximum Gasteiger partial charge on any atom is 0.0569 e. The molecular weight excluding hydrogens is 364 g/mol. The molecule has 0 aromatic rings. The summed E-state index contributed by atoms with van der Waals surface area (Å²) in [5, 5.41) is 10.5. The van der Waals surface area contributed by atoms with Crippen molar-refractivity contribution in [1.29, 1.82) is 0 Å². The maximum atomic E-state index is 10.5. The molecule has 0 saturated heterocycles. The highest BCUT2D eigenvalue weighted by atomic mass is 16.3. The Morgan fingerprint density at radius 2 is 1.80 bits per heavy atom. The Morgan fingerprint density at radius 3 is 2.50 bits per heavy atom. The Bertz CT molecular complexity index is 703. The Labute approximate surface area is 186 Å². The average Bonchev–Trinajstić information content (AvgIpc) is 3.06. The molecule has 30 heavy (non-hydrogen) atoms. The lowest BCUT2D eigenvalue weighted by molar-refractivity contribution is -0.0336. The highest BCUT2D eigenvalue weighted by Crippen LogP contribution is 2.66. The van der Waals surface area contributed by atoms with Gasteiger partial charge in [-0.1, -0.05) is 57.9 Å². The smallest absolute Gasteiger partial charge is 0.0569 e. The van der Waals surface area contributed by atoms with Crippen molar-refractivity contribution in [1.82, 2.24) is 0 Å². The van der Waals surface area contributed by atoms with Crippen LogP contribution in [0.2, 0.25) is 0 Å². The van der Waals surface area contributed by atoms with Crippen LogP contribution in [-0.2, 0) is 0 Å². The number of allylic oxidation sites excluding steroid dienone is 3. The van der Waals surface area contributed by atoms with Crippen molar-refractivity contribution in [3.63, 3.8) is 0 Å². The number of fused-ring (bicyclic) bond motifs is 4. The molecule has 0 aliphatic heterocycles. The van der Waals surface area contributed by atoms with Gasteiger partial charge in [-0.05, 0) is 117 Å². The fourth-order valence-electron chi connectivity index (χ4n) is 8.85. The van der Waals surface area contributed by atoms with Crippen molar-refractivity contribution >= 4 is 0 Å². The Balaban J connectivity index is 1.54. The molecule has 0 aromatic heterocycles. The maximum absolute atomic E-state index is 10.5. The zero-order chi connectivity index (χ0) is 21.8. The van der Waals surface area contributed by atoms with E-state index in [-0.39, 0.29) is 6.10 Å². The molecule has 0 unspecified atom stereocenters. The predicted molar refractivity (Wildman–Crippen MR) is 128 cm³/mol. The van der Waals surface area contributed by atoms with E-state index in [1.807, 2.05) is 11.1 Å². The van der Waals surface area contributed by atoms with E-state index in [1.165, 1.54) is 63.4 Å². The van der Waals surface area contributed by atoms with Gasteiger partial charge >= 0.3 is 0 Å². The molecule has 0 aromatic carbocycles. The molecule has 2 fully saturated rings. The van der Waals surface area contributed by atoms with Crippen molar-refractivity contribution in [2.45, 2.75) is 112 Å². The lowest BCUT2D eigenvalue weighted by atomic mass is 9.49. The molecule has 2 saturated carbocycles. The van der Waals surface area contributed by atoms with Gasteiger partial charge in [0.15, 0.2) is 0 Å². The van der Waals surface area contributed by atoms with Crippen LogP contribution in [0.4, 0.5) is 0 Å². The largest absolute Gasteiger partial charge is 0.393 e. The Hall–Kier alpha value is -0.560. The molecule has 1 heteroatoms. The first-order chi connectivity index (χ1) is 14.1. The second-order valence-corrected chi connectivity index (χ2v) is 12.6. The van der Waals surface area contributed by atoms with Crippen LogP contribution in [0.25, 0.3) is 0 Å². The van der Waals surface area contributed by atoms with Gasteiger partial charge in [0.05, 0.1) is 6.10 Å². The summed E-state index contributed by atoms with van der Waals surface area (Å²) in [6.45, 7) is 18.8. The molecular formula is C29H48O. The molecule has 0 amide bonds. The van der Waals surface area contributed by atoms with Gasteiger partial charge in [0.25, 0.3) is 0 Å². The zero-order valence-electron chi connectivity index (χ0n) is 20.8. The average molecular weight is 413 g/mol. The fraction of sp³-hybridized carbons (Fsp3) is 0.862. The van der Waals surface area contributed by atoms with E-state index < -0.39 is 0 Å². The van der Waals surface area contributed by atoms with Gasteiger partial charge in [-0.15, -0.1) is 0 Å². The molecule has 4 aliphatic rings. The Morgan fingerprint density at radius 1 is 1.07 bits per heavy atom. The first-order valence-corrected chi connectivity index (χ1v) is 13.2. The van der Waals surface area contributed by atoms with E-state index in [1.54, 1.807) is 0 Å². The standard InChI is InChI=1S/C29H48O/c1-18(2)19(3)8-9-20(4)23-12-13-25-22-10-11-24-21(5)27(30)15-17-29(24,7)26(22)14-16-28(23,25)6/h19-21,23-25,27,30H,1,8-17H2,2-7H3/t19-,20+,21-,23+,24-,25-,27-,28+,29-/m0/s1. The van der Waals surface area contributed by atoms with Gasteiger partial charge in [-0.25, -0.2) is 0 Å². The van der Waals surface area contributed by atoms with Crippen LogP contribution in [0.5, 0.6) is 0 Å². The summed E-state index contributed by atoms with van der Waals surface area (Å²) in [6.07, 6.45) is 13.1. The highest BCUT2D eigenvalue weighted by molar-refractivity contribution is 5.34. The van der Waals surface area contributed by atoms with E-state index in [2.05, 4.69) is 48.1 Å². The van der Waals surface area contributed by atoms with Crippen molar-refractivity contribution < 1.29 is 5.11 Å². The number of hydrogen-bond donors (Lipinski definition) is 1. The quantitative estimate of drug-likeness (QED) is 0.454. The molecule has 9 atom stereocenters. The van der Waals surface area contributed by atoms with E-state index in [0.29, 0.717) is 28.6 Å². The van der Waals surface area contributed by atoms with Crippen LogP contribution in [0.3, 0.4) is 0 Å². The molecule has 0 radical (unpaired) electrons. The zero-order valence-corrected chi connectivity index (χ0v) is 20.8. The summed E-state index contributed by atoms with van der Waals surface area (Å²) < 4.78 is 0. The number of aliphatic hydroxyl groups is 1. The lowest BCUT2D eigenvalue weighted by Gasteiger charge is -2.56. The summed E-state index contributed by atoms with van der Waals surface area (Å²) >= 11 is 0. The molecule has 170 valence electrons. The third-order valence-electron chi connectivity index (χ3n) is 11.1. The Kier molecular flexibility index (Phi) is 6.10. The summed E-state index contributed by atoms with van der Waals surface area (Å²) in [5.74, 6) is 4.40. The van der Waals surface area contributed by atoms with Gasteiger partial charge in [0.1, 0.15) is 0 Å². The minimum absolute atomic E-state index is 0.0719. The summed E-state index contributed by atoms with van der Waals surface area (Å²) in [6, 6.07) is 0. The van der Waals surface area contributed by atoms with Crippen molar-refractivity contribution in [3.05, 3.63) is 23.3 Å². The molecule has 0 bridgehead atoms. The van der Waals surface area contributed by atoms with Gasteiger partial charge in [0.2, 0.25) is 0 Å². The summed E-state index contributed by atoms with van der Waals surface area (Å²) in [7, 11) is 0. The van der Waals surface area contributed by atoms with Crippen LogP contribution in [-0.4, -0.2) is 11.2 Å². The van der Waals surface area contributed by atoms with Gasteiger partial charge in [-0.2, -0.15) is 0 Å². The third kappa shape index (κ3) is 3.46. The SMILES string of the molecule is C=C(C)[C@@H](C)CC[C@@H](C)[C@H]1CC[C@H]2C3=C(CC[C@]12C)[C@@]1(C)CC[C@H](O)[C@@H](C)[C@@H]1CC3. The van der Waals surface area contributed by atoms with Crippen LogP contribution in [0.15, 0.2) is 23.3 Å². The monoisotopic (exact) mass is 412 g/mol. The number of hydrogen-bond acceptors (Lipinski definition) is 1. The first kappa shape index (κ1) is 22.6. The molecule has 4 aliphatic carbocycles. The van der Waals surface area contributed by atoms with Gasteiger partial charge in [0, 0.05) is 0 Å². The summed E-state index contributed by atoms with van der Waals surface area (Å²) in [4.78, 5) is 0. The topological polar surface area (TPSA) is 20.2 Å². The second-order valence-electron chi connectivity index (χ2n) is 12.6. The second kappa shape index (κ2) is 8.09. The van der Waals surface area contributed by atoms with Crippen molar-refractivity contribution in [3.8, 4) is 0 Å². The van der Waals surface area contributed by atoms with E-state index in [9.17, 15) is 5.11 Å². The molecule has 1 N–H and O–H groups in total. The fourth-order valence-corrected chi connectivity index (χ4v) is 8.85. The normalized spacial score (nSPS) is 45.4. The van der Waals surface area contributed by atoms with Gasteiger partial charge in [-0.3, -0.25) is 0 Å². The molecule has 0 heterocycles. The lowest BCUT2D eigenvalue weighted by Crippen LogP contribution is -2.49. The minimum Gasteiger partial charge on any atom is -0.393 e. The van der Waals surface area contributed by atoms with Crippen LogP contribution >= 0.6 is 0 Å². The van der Waals surface area contributed by atoms with Crippen LogP contribution in [0.1, 0.15) is 106 Å². The molecule has 1 nitrogen and oxygen atoms in total. The van der Waals surface area contributed by atoms with E-state index >= 15 is 0 Å². The van der Waals surface area contributed by atoms with Crippen LogP contribution < -0.4 is 0 Å². The van der Waals surface area contributed by atoms with Crippen molar-refractivity contribution in [2.24, 2.45) is 46.3 Å². The van der Waals surface area contributed by atoms with E-state index in [4.69, 9.17) is 0 Å². The highest BCUT2D eigenvalue weighted by Gasteiger charge is 2.56. The first-order valence-electron chi connectivity index (χ1n) is 13.2. The number of rotatable bonds is 5. The van der Waals surface area contributed by atoms with E-state index in [0.717, 1.165) is 24.2 Å².